The van der Waals surface area contributed by atoms with E-state index in [1.165, 1.54) is 5.69 Å². The molecule has 2 aliphatic heterocycles. The fourth-order valence-electron chi connectivity index (χ4n) is 5.38. The summed E-state index contributed by atoms with van der Waals surface area (Å²) in [4.78, 5) is 29.1. The molecule has 5 rings (SSSR count). The zero-order valence-electron chi connectivity index (χ0n) is 18.0. The number of hydrogen-bond donors (Lipinski definition) is 0. The van der Waals surface area contributed by atoms with E-state index in [-0.39, 0.29) is 11.6 Å². The van der Waals surface area contributed by atoms with Crippen LogP contribution < -0.4 is 10.5 Å². The number of anilines is 1. The van der Waals surface area contributed by atoms with Gasteiger partial charge in [-0.1, -0.05) is 19.9 Å². The second-order valence-electron chi connectivity index (χ2n) is 9.26. The third kappa shape index (κ3) is 3.28. The van der Waals surface area contributed by atoms with Crippen LogP contribution in [0.2, 0.25) is 0 Å². The molecule has 1 fully saturated rings. The van der Waals surface area contributed by atoms with Gasteiger partial charge in [-0.25, -0.2) is 15.0 Å². The first-order chi connectivity index (χ1) is 14.5. The minimum Gasteiger partial charge on any atom is -0.355 e. The van der Waals surface area contributed by atoms with E-state index in [4.69, 9.17) is 4.98 Å². The zero-order chi connectivity index (χ0) is 20.8. The average Bonchev–Trinajstić information content (AvgIpc) is 2.73. The van der Waals surface area contributed by atoms with Crippen molar-refractivity contribution in [1.82, 2.24) is 19.5 Å². The summed E-state index contributed by atoms with van der Waals surface area (Å²) in [5, 5.41) is 1.01. The number of rotatable bonds is 4. The molecule has 0 aromatic carbocycles. The maximum atomic E-state index is 12.8. The highest BCUT2D eigenvalue weighted by Crippen LogP contribution is 2.44. The molecule has 0 spiro atoms. The van der Waals surface area contributed by atoms with Gasteiger partial charge in [0.25, 0.3) is 5.56 Å². The van der Waals surface area contributed by atoms with Crippen molar-refractivity contribution < 1.29 is 0 Å². The fourth-order valence-corrected chi connectivity index (χ4v) is 5.38. The molecule has 6 heteroatoms. The summed E-state index contributed by atoms with van der Waals surface area (Å²) in [6, 6.07) is 10.1. The van der Waals surface area contributed by atoms with Gasteiger partial charge in [0.05, 0.1) is 5.39 Å². The Balaban J connectivity index is 1.58. The van der Waals surface area contributed by atoms with Crippen molar-refractivity contribution >= 4 is 16.9 Å². The first kappa shape index (κ1) is 19.2. The molecule has 1 saturated heterocycles. The van der Waals surface area contributed by atoms with E-state index in [1.54, 1.807) is 12.3 Å². The van der Waals surface area contributed by atoms with Gasteiger partial charge < -0.3 is 9.47 Å². The lowest BCUT2D eigenvalue weighted by molar-refractivity contribution is 0.195. The van der Waals surface area contributed by atoms with Crippen LogP contribution in [0.1, 0.15) is 56.6 Å². The van der Waals surface area contributed by atoms with Crippen LogP contribution in [-0.4, -0.2) is 32.6 Å². The molecule has 3 aromatic heterocycles. The molecule has 0 N–H and O–H groups in total. The Hall–Kier alpha value is -2.76. The first-order valence-corrected chi connectivity index (χ1v) is 11.1. The minimum absolute atomic E-state index is 0.150. The Morgan fingerprint density at radius 3 is 2.83 bits per heavy atom. The molecule has 3 atom stereocenters. The van der Waals surface area contributed by atoms with Gasteiger partial charge in [0.15, 0.2) is 5.65 Å². The molecule has 0 amide bonds. The first-order valence-electron chi connectivity index (χ1n) is 11.1. The highest BCUT2D eigenvalue weighted by molar-refractivity contribution is 5.86. The number of aromatic nitrogens is 4. The molecule has 30 heavy (non-hydrogen) atoms. The number of hydrogen-bond acceptors (Lipinski definition) is 5. The third-order valence-electron chi connectivity index (χ3n) is 6.70. The Kier molecular flexibility index (Phi) is 4.80. The number of nitrogens with zero attached hydrogens (tertiary/aromatic N) is 5. The lowest BCUT2D eigenvalue weighted by atomic mass is 9.76. The lowest BCUT2D eigenvalue weighted by Crippen LogP contribution is -2.49. The van der Waals surface area contributed by atoms with Crippen molar-refractivity contribution in [3.8, 4) is 0 Å². The zero-order valence-corrected chi connectivity index (χ0v) is 18.0. The number of aryl methyl sites for hydroxylation is 1. The second kappa shape index (κ2) is 7.49. The maximum Gasteiger partial charge on any atom is 0.250 e. The molecule has 2 bridgehead atoms. The van der Waals surface area contributed by atoms with Crippen molar-refractivity contribution in [3.63, 3.8) is 0 Å². The fraction of sp³-hybridized carbons (Fsp3) is 0.500. The summed E-state index contributed by atoms with van der Waals surface area (Å²) in [6.07, 6.45) is 5.11. The highest BCUT2D eigenvalue weighted by atomic mass is 16.1. The average molecular weight is 404 g/mol. The molecule has 3 aromatic rings. The summed E-state index contributed by atoms with van der Waals surface area (Å²) in [5.74, 6) is 3.14. The monoisotopic (exact) mass is 403 g/mol. The van der Waals surface area contributed by atoms with Crippen molar-refractivity contribution in [2.45, 2.75) is 52.0 Å². The molecular formula is C24H29N5O. The smallest absolute Gasteiger partial charge is 0.250 e. The molecule has 6 nitrogen and oxygen atoms in total. The van der Waals surface area contributed by atoms with Crippen LogP contribution in [0.3, 0.4) is 0 Å². The summed E-state index contributed by atoms with van der Waals surface area (Å²) >= 11 is 0. The van der Waals surface area contributed by atoms with E-state index in [0.29, 0.717) is 17.8 Å². The van der Waals surface area contributed by atoms with Crippen LogP contribution in [0.4, 0.5) is 5.82 Å². The summed E-state index contributed by atoms with van der Waals surface area (Å²) in [5.41, 5.74) is 2.09. The topological polar surface area (TPSA) is 63.9 Å². The number of fused-ring (bicyclic) bond motifs is 5. The van der Waals surface area contributed by atoms with E-state index in [0.717, 1.165) is 55.0 Å². The van der Waals surface area contributed by atoms with Crippen molar-refractivity contribution in [2.75, 3.05) is 18.0 Å². The van der Waals surface area contributed by atoms with Gasteiger partial charge >= 0.3 is 0 Å². The van der Waals surface area contributed by atoms with Gasteiger partial charge in [-0.15, -0.1) is 0 Å². The Labute approximate surface area is 177 Å². The summed E-state index contributed by atoms with van der Waals surface area (Å²) < 4.78 is 2.11. The number of pyridine rings is 2. The van der Waals surface area contributed by atoms with E-state index >= 15 is 0 Å². The van der Waals surface area contributed by atoms with Gasteiger partial charge in [0, 0.05) is 43.0 Å². The molecule has 2 aliphatic rings. The lowest BCUT2D eigenvalue weighted by Gasteiger charge is -2.47. The van der Waals surface area contributed by atoms with Gasteiger partial charge in [-0.2, -0.15) is 0 Å². The van der Waals surface area contributed by atoms with Crippen molar-refractivity contribution in [3.05, 3.63) is 58.4 Å². The quantitative estimate of drug-likeness (QED) is 0.656. The van der Waals surface area contributed by atoms with E-state index < -0.39 is 0 Å². The minimum atomic E-state index is 0.150. The third-order valence-corrected chi connectivity index (χ3v) is 6.70. The number of piperidine rings is 1. The maximum absolute atomic E-state index is 12.8. The van der Waals surface area contributed by atoms with E-state index in [1.807, 2.05) is 19.1 Å². The van der Waals surface area contributed by atoms with Crippen LogP contribution >= 0.6 is 0 Å². The van der Waals surface area contributed by atoms with Crippen LogP contribution in [0.15, 0.2) is 41.3 Å². The molecule has 0 radical (unpaired) electrons. The van der Waals surface area contributed by atoms with Gasteiger partial charge in [-0.05, 0) is 56.2 Å². The van der Waals surface area contributed by atoms with Crippen LogP contribution in [0.25, 0.3) is 11.0 Å². The Morgan fingerprint density at radius 1 is 1.13 bits per heavy atom. The van der Waals surface area contributed by atoms with Gasteiger partial charge in [0.2, 0.25) is 0 Å². The predicted octanol–water partition coefficient (Wildman–Crippen LogP) is 4.10. The van der Waals surface area contributed by atoms with Crippen molar-refractivity contribution in [2.24, 2.45) is 11.8 Å². The SMILES string of the molecule is Cc1nc(N2C[C@H]3C[C@@H](C2)[C@H](CCC(C)C)n2c3cccc2=O)c2cccnc2n1. The van der Waals surface area contributed by atoms with Gasteiger partial charge in [0.1, 0.15) is 11.6 Å². The van der Waals surface area contributed by atoms with Crippen LogP contribution in [-0.2, 0) is 0 Å². The molecule has 0 aliphatic carbocycles. The van der Waals surface area contributed by atoms with Crippen molar-refractivity contribution in [1.29, 1.82) is 0 Å². The van der Waals surface area contributed by atoms with E-state index in [9.17, 15) is 4.79 Å². The Morgan fingerprint density at radius 2 is 2.00 bits per heavy atom. The largest absolute Gasteiger partial charge is 0.355 e. The van der Waals surface area contributed by atoms with Gasteiger partial charge in [-0.3, -0.25) is 4.79 Å². The molecule has 0 unspecified atom stereocenters. The summed E-state index contributed by atoms with van der Waals surface area (Å²) in [6.45, 7) is 8.24. The molecule has 0 saturated carbocycles. The van der Waals surface area contributed by atoms with Crippen LogP contribution in [0, 0.1) is 18.8 Å². The second-order valence-corrected chi connectivity index (χ2v) is 9.26. The highest BCUT2D eigenvalue weighted by Gasteiger charge is 2.41. The molecule has 5 heterocycles. The molecule has 156 valence electrons. The van der Waals surface area contributed by atoms with Crippen LogP contribution in [0.5, 0.6) is 0 Å². The van der Waals surface area contributed by atoms with E-state index in [2.05, 4.69) is 45.4 Å². The normalized spacial score (nSPS) is 23.1. The molecular weight excluding hydrogens is 374 g/mol. The Bertz CT molecular complexity index is 1140. The standard InChI is InChI=1S/C24H29N5O/c1-15(2)9-10-21-18-12-17(20-7-4-8-22(30)29(20)21)13-28(14-18)24-19-6-5-11-25-23(19)26-16(3)27-24/h4-8,11,15,17-18,21H,9-10,12-14H2,1-3H3/t17-,18+,21+/m1/s1. The predicted molar refractivity (Wildman–Crippen MR) is 119 cm³/mol. The summed E-state index contributed by atoms with van der Waals surface area (Å²) in [7, 11) is 0.